The average Bonchev–Trinajstić information content (AvgIpc) is 2.99. The lowest BCUT2D eigenvalue weighted by Crippen LogP contribution is -2.45. The van der Waals surface area contributed by atoms with Crippen molar-refractivity contribution < 1.29 is 14.4 Å². The fourth-order valence-electron chi connectivity index (χ4n) is 3.77. The molecule has 1 saturated carbocycles. The highest BCUT2D eigenvalue weighted by Crippen LogP contribution is 2.26. The zero-order valence-electron chi connectivity index (χ0n) is 14.9. The van der Waals surface area contributed by atoms with Gasteiger partial charge in [0.1, 0.15) is 0 Å². The van der Waals surface area contributed by atoms with Crippen LogP contribution in [0.4, 0.5) is 4.79 Å². The highest BCUT2D eigenvalue weighted by Gasteiger charge is 2.28. The van der Waals surface area contributed by atoms with Gasteiger partial charge in [-0.25, -0.2) is 4.79 Å². The predicted octanol–water partition coefficient (Wildman–Crippen LogP) is 1.38. The van der Waals surface area contributed by atoms with E-state index in [0.29, 0.717) is 18.0 Å². The van der Waals surface area contributed by atoms with E-state index in [1.54, 1.807) is 24.3 Å². The minimum Gasteiger partial charge on any atom is -0.348 e. The van der Waals surface area contributed by atoms with Crippen molar-refractivity contribution >= 4 is 17.8 Å². The van der Waals surface area contributed by atoms with E-state index in [0.717, 1.165) is 23.3 Å². The third-order valence-electron chi connectivity index (χ3n) is 5.26. The molecule has 7 heteroatoms. The van der Waals surface area contributed by atoms with Crippen LogP contribution in [0, 0.1) is 5.92 Å². The number of rotatable bonds is 6. The Morgan fingerprint density at radius 3 is 2.69 bits per heavy atom. The van der Waals surface area contributed by atoms with Crippen LogP contribution in [-0.4, -0.2) is 41.9 Å². The van der Waals surface area contributed by atoms with Gasteiger partial charge in [-0.2, -0.15) is 0 Å². The van der Waals surface area contributed by atoms with Gasteiger partial charge in [0.05, 0.1) is 13.1 Å². The zero-order valence-corrected chi connectivity index (χ0v) is 14.9. The normalized spacial score (nSPS) is 19.3. The first-order valence-electron chi connectivity index (χ1n) is 9.26. The number of hydrogen-bond donors (Lipinski definition) is 3. The van der Waals surface area contributed by atoms with Crippen LogP contribution < -0.4 is 16.4 Å². The lowest BCUT2D eigenvalue weighted by atomic mass is 9.84. The number of benzene rings is 1. The Kier molecular flexibility index (Phi) is 5.88. The fraction of sp³-hybridized carbons (Fsp3) is 0.526. The molecule has 2 aliphatic rings. The quantitative estimate of drug-likeness (QED) is 0.668. The molecule has 1 aliphatic heterocycles. The second kappa shape index (κ2) is 8.31. The van der Waals surface area contributed by atoms with E-state index < -0.39 is 6.03 Å². The number of carbonyl (C=O) groups excluding carboxylic acids is 3. The number of nitrogens with zero attached hydrogens (tertiary/aromatic N) is 1. The van der Waals surface area contributed by atoms with E-state index in [-0.39, 0.29) is 30.9 Å². The van der Waals surface area contributed by atoms with Gasteiger partial charge in [0.25, 0.3) is 5.91 Å². The molecule has 1 aromatic carbocycles. The van der Waals surface area contributed by atoms with Crippen molar-refractivity contribution in [2.75, 3.05) is 13.1 Å². The number of carbonyl (C=O) groups is 3. The standard InChI is InChI=1S/C19H26N4O3/c20-10-16(14-6-2-1-3-7-14)22-18(25)15-8-4-5-13(9-15)12-23-17(24)11-21-19(23)26/h4-5,8-9,14,16H,1-3,6-7,10-12,20H2,(H,21,26)(H,22,25). The van der Waals surface area contributed by atoms with Gasteiger partial charge >= 0.3 is 6.03 Å². The first-order chi connectivity index (χ1) is 12.6. The van der Waals surface area contributed by atoms with Crippen LogP contribution in [0.15, 0.2) is 24.3 Å². The van der Waals surface area contributed by atoms with Crippen LogP contribution in [-0.2, 0) is 11.3 Å². The third-order valence-corrected chi connectivity index (χ3v) is 5.26. The second-order valence-electron chi connectivity index (χ2n) is 7.05. The van der Waals surface area contributed by atoms with Gasteiger partial charge < -0.3 is 16.4 Å². The predicted molar refractivity (Wildman–Crippen MR) is 97.3 cm³/mol. The molecule has 1 aliphatic carbocycles. The van der Waals surface area contributed by atoms with E-state index >= 15 is 0 Å². The van der Waals surface area contributed by atoms with Crippen molar-refractivity contribution in [3.63, 3.8) is 0 Å². The summed E-state index contributed by atoms with van der Waals surface area (Å²) in [7, 11) is 0. The fourth-order valence-corrected chi connectivity index (χ4v) is 3.77. The molecule has 0 aromatic heterocycles. The summed E-state index contributed by atoms with van der Waals surface area (Å²) >= 11 is 0. The topological polar surface area (TPSA) is 105 Å². The van der Waals surface area contributed by atoms with Crippen LogP contribution in [0.3, 0.4) is 0 Å². The molecule has 0 spiro atoms. The molecule has 1 unspecified atom stereocenters. The minimum absolute atomic E-state index is 0.0163. The van der Waals surface area contributed by atoms with Gasteiger partial charge in [0.15, 0.2) is 0 Å². The summed E-state index contributed by atoms with van der Waals surface area (Å²) in [6.07, 6.45) is 5.85. The monoisotopic (exact) mass is 358 g/mol. The van der Waals surface area contributed by atoms with Crippen LogP contribution in [0.2, 0.25) is 0 Å². The summed E-state index contributed by atoms with van der Waals surface area (Å²) in [5, 5.41) is 5.56. The highest BCUT2D eigenvalue weighted by atomic mass is 16.2. The molecule has 3 rings (SSSR count). The molecule has 26 heavy (non-hydrogen) atoms. The number of nitrogens with two attached hydrogens (primary N) is 1. The molecule has 1 aromatic rings. The summed E-state index contributed by atoms with van der Waals surface area (Å²) < 4.78 is 0. The molecule has 4 N–H and O–H groups in total. The molecule has 1 atom stereocenters. The van der Waals surface area contributed by atoms with Crippen LogP contribution in [0.25, 0.3) is 0 Å². The Morgan fingerprint density at radius 1 is 1.27 bits per heavy atom. The van der Waals surface area contributed by atoms with Crippen molar-refractivity contribution in [2.24, 2.45) is 11.7 Å². The Labute approximate surface area is 153 Å². The first kappa shape index (κ1) is 18.4. The molecular formula is C19H26N4O3. The Morgan fingerprint density at radius 2 is 2.04 bits per heavy atom. The van der Waals surface area contributed by atoms with Gasteiger partial charge in [-0.15, -0.1) is 0 Å². The van der Waals surface area contributed by atoms with Crippen LogP contribution in [0.5, 0.6) is 0 Å². The molecule has 0 radical (unpaired) electrons. The summed E-state index contributed by atoms with van der Waals surface area (Å²) in [6.45, 7) is 0.617. The molecule has 1 saturated heterocycles. The number of urea groups is 1. The summed E-state index contributed by atoms with van der Waals surface area (Å²) in [6, 6.07) is 6.61. The molecule has 140 valence electrons. The Bertz CT molecular complexity index is 669. The smallest absolute Gasteiger partial charge is 0.324 e. The van der Waals surface area contributed by atoms with Crippen molar-refractivity contribution in [2.45, 2.75) is 44.7 Å². The minimum atomic E-state index is -0.398. The Hall–Kier alpha value is -2.41. The number of imide groups is 1. The van der Waals surface area contributed by atoms with Gasteiger partial charge in [0, 0.05) is 18.2 Å². The third kappa shape index (κ3) is 4.22. The molecular weight excluding hydrogens is 332 g/mol. The van der Waals surface area contributed by atoms with Crippen molar-refractivity contribution in [1.82, 2.24) is 15.5 Å². The second-order valence-corrected chi connectivity index (χ2v) is 7.05. The molecule has 2 fully saturated rings. The SMILES string of the molecule is NCC(NC(=O)c1cccc(CN2C(=O)CNC2=O)c1)C1CCCCC1. The lowest BCUT2D eigenvalue weighted by Gasteiger charge is -2.30. The van der Waals surface area contributed by atoms with Gasteiger partial charge in [-0.1, -0.05) is 31.4 Å². The first-order valence-corrected chi connectivity index (χ1v) is 9.26. The number of amides is 4. The van der Waals surface area contributed by atoms with Crippen LogP contribution in [0.1, 0.15) is 48.0 Å². The van der Waals surface area contributed by atoms with E-state index in [1.807, 2.05) is 0 Å². The summed E-state index contributed by atoms with van der Waals surface area (Å²) in [5.41, 5.74) is 7.15. The average molecular weight is 358 g/mol. The van der Waals surface area contributed by atoms with E-state index in [2.05, 4.69) is 10.6 Å². The maximum Gasteiger partial charge on any atom is 0.324 e. The highest BCUT2D eigenvalue weighted by molar-refractivity contribution is 6.02. The molecule has 1 heterocycles. The van der Waals surface area contributed by atoms with Gasteiger partial charge in [-0.3, -0.25) is 14.5 Å². The molecule has 7 nitrogen and oxygen atoms in total. The maximum atomic E-state index is 12.6. The van der Waals surface area contributed by atoms with Crippen molar-refractivity contribution in [3.8, 4) is 0 Å². The van der Waals surface area contributed by atoms with Crippen molar-refractivity contribution in [1.29, 1.82) is 0 Å². The van der Waals surface area contributed by atoms with E-state index in [1.165, 1.54) is 19.3 Å². The molecule has 4 amide bonds. The van der Waals surface area contributed by atoms with E-state index in [4.69, 9.17) is 5.73 Å². The van der Waals surface area contributed by atoms with Crippen molar-refractivity contribution in [3.05, 3.63) is 35.4 Å². The summed E-state index contributed by atoms with van der Waals surface area (Å²) in [4.78, 5) is 37.2. The number of nitrogens with one attached hydrogen (secondary N) is 2. The lowest BCUT2D eigenvalue weighted by molar-refractivity contribution is -0.125. The Balaban J connectivity index is 1.65. The van der Waals surface area contributed by atoms with E-state index in [9.17, 15) is 14.4 Å². The molecule has 0 bridgehead atoms. The van der Waals surface area contributed by atoms with Crippen LogP contribution >= 0.6 is 0 Å². The largest absolute Gasteiger partial charge is 0.348 e. The zero-order chi connectivity index (χ0) is 18.5. The van der Waals surface area contributed by atoms with Gasteiger partial charge in [0.2, 0.25) is 5.91 Å². The number of hydrogen-bond acceptors (Lipinski definition) is 4. The maximum absolute atomic E-state index is 12.6. The van der Waals surface area contributed by atoms with Gasteiger partial charge in [-0.05, 0) is 36.5 Å². The summed E-state index contributed by atoms with van der Waals surface area (Å²) in [5.74, 6) is 0.0159.